The van der Waals surface area contributed by atoms with Gasteiger partial charge < -0.3 is 10.5 Å². The van der Waals surface area contributed by atoms with Crippen molar-refractivity contribution in [1.82, 2.24) is 4.90 Å². The lowest BCUT2D eigenvalue weighted by molar-refractivity contribution is -0.150. The molecular weight excluding hydrogens is 220 g/mol. The van der Waals surface area contributed by atoms with E-state index in [1.165, 1.54) is 0 Å². The van der Waals surface area contributed by atoms with E-state index in [9.17, 15) is 9.59 Å². The Morgan fingerprint density at radius 3 is 2.59 bits per heavy atom. The Bertz CT molecular complexity index is 291. The SMILES string of the molecule is CC(C)OC(=O)CN1CC(C(N)=O)CCC1C. The highest BCUT2D eigenvalue weighted by molar-refractivity contribution is 5.77. The zero-order valence-corrected chi connectivity index (χ0v) is 10.8. The van der Waals surface area contributed by atoms with Crippen molar-refractivity contribution < 1.29 is 14.3 Å². The van der Waals surface area contributed by atoms with E-state index in [0.717, 1.165) is 12.8 Å². The zero-order valence-electron chi connectivity index (χ0n) is 10.8. The summed E-state index contributed by atoms with van der Waals surface area (Å²) in [5.41, 5.74) is 5.30. The highest BCUT2D eigenvalue weighted by Crippen LogP contribution is 2.21. The number of ether oxygens (including phenoxy) is 1. The van der Waals surface area contributed by atoms with Crippen LogP contribution in [-0.2, 0) is 14.3 Å². The first kappa shape index (κ1) is 14.0. The molecule has 0 aliphatic carbocycles. The molecule has 2 atom stereocenters. The van der Waals surface area contributed by atoms with Crippen LogP contribution in [-0.4, -0.2) is 42.0 Å². The molecule has 0 aromatic rings. The van der Waals surface area contributed by atoms with Crippen LogP contribution >= 0.6 is 0 Å². The number of hydrogen-bond acceptors (Lipinski definition) is 4. The Hall–Kier alpha value is -1.10. The molecule has 0 aromatic heterocycles. The lowest BCUT2D eigenvalue weighted by atomic mass is 9.93. The molecule has 98 valence electrons. The summed E-state index contributed by atoms with van der Waals surface area (Å²) in [5, 5.41) is 0. The standard InChI is InChI=1S/C12H22N2O3/c1-8(2)17-11(15)7-14-6-10(12(13)16)5-4-9(14)3/h8-10H,4-7H2,1-3H3,(H2,13,16). The summed E-state index contributed by atoms with van der Waals surface area (Å²) >= 11 is 0. The molecule has 2 unspecified atom stereocenters. The summed E-state index contributed by atoms with van der Waals surface area (Å²) in [6.07, 6.45) is 1.60. The number of hydrogen-bond donors (Lipinski definition) is 1. The van der Waals surface area contributed by atoms with Gasteiger partial charge in [-0.2, -0.15) is 0 Å². The minimum atomic E-state index is -0.279. The average Bonchev–Trinajstić information content (AvgIpc) is 2.19. The molecule has 0 aromatic carbocycles. The third kappa shape index (κ3) is 4.34. The van der Waals surface area contributed by atoms with E-state index in [1.54, 1.807) is 0 Å². The van der Waals surface area contributed by atoms with Crippen LogP contribution in [0.4, 0.5) is 0 Å². The van der Waals surface area contributed by atoms with Crippen molar-refractivity contribution in [2.45, 2.75) is 45.8 Å². The molecule has 17 heavy (non-hydrogen) atoms. The Morgan fingerprint density at radius 1 is 1.41 bits per heavy atom. The first-order chi connectivity index (χ1) is 7.90. The molecule has 2 N–H and O–H groups in total. The van der Waals surface area contributed by atoms with Crippen LogP contribution < -0.4 is 5.73 Å². The third-order valence-corrected chi connectivity index (χ3v) is 3.11. The normalized spacial score (nSPS) is 25.9. The number of amides is 1. The van der Waals surface area contributed by atoms with E-state index >= 15 is 0 Å². The van der Waals surface area contributed by atoms with Crippen LogP contribution in [0.1, 0.15) is 33.6 Å². The number of nitrogens with two attached hydrogens (primary N) is 1. The molecule has 0 radical (unpaired) electrons. The lowest BCUT2D eigenvalue weighted by Crippen LogP contribution is -2.48. The second-order valence-electron chi connectivity index (χ2n) is 4.99. The largest absolute Gasteiger partial charge is 0.462 e. The summed E-state index contributed by atoms with van der Waals surface area (Å²) in [4.78, 5) is 24.7. The summed E-state index contributed by atoms with van der Waals surface area (Å²) in [5.74, 6) is -0.658. The molecule has 1 heterocycles. The van der Waals surface area contributed by atoms with Crippen LogP contribution in [0.25, 0.3) is 0 Å². The van der Waals surface area contributed by atoms with Crippen molar-refractivity contribution in [3.05, 3.63) is 0 Å². The number of rotatable bonds is 4. The number of carbonyl (C=O) groups is 2. The van der Waals surface area contributed by atoms with Gasteiger partial charge in [-0.15, -0.1) is 0 Å². The Kier molecular flexibility index (Phi) is 4.93. The maximum atomic E-state index is 11.6. The first-order valence-corrected chi connectivity index (χ1v) is 6.13. The monoisotopic (exact) mass is 242 g/mol. The molecule has 1 aliphatic heterocycles. The second-order valence-corrected chi connectivity index (χ2v) is 4.99. The molecule has 1 amide bonds. The smallest absolute Gasteiger partial charge is 0.320 e. The van der Waals surface area contributed by atoms with Gasteiger partial charge in [0, 0.05) is 12.6 Å². The van der Waals surface area contributed by atoms with Gasteiger partial charge in [-0.05, 0) is 33.6 Å². The van der Waals surface area contributed by atoms with Crippen molar-refractivity contribution in [3.8, 4) is 0 Å². The van der Waals surface area contributed by atoms with Crippen LogP contribution in [0, 0.1) is 5.92 Å². The molecule has 5 nitrogen and oxygen atoms in total. The van der Waals surface area contributed by atoms with Crippen molar-refractivity contribution in [2.75, 3.05) is 13.1 Å². The third-order valence-electron chi connectivity index (χ3n) is 3.11. The van der Waals surface area contributed by atoms with E-state index in [0.29, 0.717) is 12.6 Å². The molecular formula is C12H22N2O3. The lowest BCUT2D eigenvalue weighted by Gasteiger charge is -2.36. The molecule has 1 fully saturated rings. The van der Waals surface area contributed by atoms with Crippen LogP contribution in [0.2, 0.25) is 0 Å². The van der Waals surface area contributed by atoms with E-state index in [-0.39, 0.29) is 30.4 Å². The fourth-order valence-electron chi connectivity index (χ4n) is 2.10. The van der Waals surface area contributed by atoms with Gasteiger partial charge in [0.2, 0.25) is 5.91 Å². The van der Waals surface area contributed by atoms with Gasteiger partial charge in [-0.3, -0.25) is 14.5 Å². The van der Waals surface area contributed by atoms with E-state index < -0.39 is 0 Å². The van der Waals surface area contributed by atoms with Crippen molar-refractivity contribution >= 4 is 11.9 Å². The van der Waals surface area contributed by atoms with Crippen molar-refractivity contribution in [3.63, 3.8) is 0 Å². The Balaban J connectivity index is 2.50. The van der Waals surface area contributed by atoms with Crippen LogP contribution in [0.3, 0.4) is 0 Å². The maximum Gasteiger partial charge on any atom is 0.320 e. The summed E-state index contributed by atoms with van der Waals surface area (Å²) in [7, 11) is 0. The van der Waals surface area contributed by atoms with Gasteiger partial charge in [0.25, 0.3) is 0 Å². The maximum absolute atomic E-state index is 11.6. The van der Waals surface area contributed by atoms with Gasteiger partial charge >= 0.3 is 5.97 Å². The minimum absolute atomic E-state index is 0.102. The fourth-order valence-corrected chi connectivity index (χ4v) is 2.10. The molecule has 1 aliphatic rings. The van der Waals surface area contributed by atoms with Crippen LogP contribution in [0.5, 0.6) is 0 Å². The number of piperidine rings is 1. The summed E-state index contributed by atoms with van der Waals surface area (Å²) < 4.78 is 5.10. The van der Waals surface area contributed by atoms with Crippen molar-refractivity contribution in [2.24, 2.45) is 11.7 Å². The number of carbonyl (C=O) groups excluding carboxylic acids is 2. The second kappa shape index (κ2) is 6.00. The average molecular weight is 242 g/mol. The van der Waals surface area contributed by atoms with E-state index in [2.05, 4.69) is 6.92 Å². The number of esters is 1. The minimum Gasteiger partial charge on any atom is -0.462 e. The van der Waals surface area contributed by atoms with Crippen molar-refractivity contribution in [1.29, 1.82) is 0 Å². The molecule has 0 saturated carbocycles. The quantitative estimate of drug-likeness (QED) is 0.730. The summed E-state index contributed by atoms with van der Waals surface area (Å²) in [6.45, 7) is 6.50. The van der Waals surface area contributed by atoms with Gasteiger partial charge in [0.15, 0.2) is 0 Å². The van der Waals surface area contributed by atoms with E-state index in [1.807, 2.05) is 18.7 Å². The Morgan fingerprint density at radius 2 is 2.06 bits per heavy atom. The number of primary amides is 1. The Labute approximate surface area is 102 Å². The highest BCUT2D eigenvalue weighted by Gasteiger charge is 2.30. The zero-order chi connectivity index (χ0) is 13.0. The molecule has 1 rings (SSSR count). The van der Waals surface area contributed by atoms with E-state index in [4.69, 9.17) is 10.5 Å². The fraction of sp³-hybridized carbons (Fsp3) is 0.833. The van der Waals surface area contributed by atoms with Gasteiger partial charge in [-0.1, -0.05) is 0 Å². The van der Waals surface area contributed by atoms with Gasteiger partial charge in [-0.25, -0.2) is 0 Å². The van der Waals surface area contributed by atoms with Crippen LogP contribution in [0.15, 0.2) is 0 Å². The van der Waals surface area contributed by atoms with Gasteiger partial charge in [0.05, 0.1) is 18.6 Å². The topological polar surface area (TPSA) is 72.6 Å². The molecule has 0 spiro atoms. The predicted octanol–water partition coefficient (Wildman–Crippen LogP) is 0.524. The highest BCUT2D eigenvalue weighted by atomic mass is 16.5. The van der Waals surface area contributed by atoms with Gasteiger partial charge in [0.1, 0.15) is 0 Å². The molecule has 5 heteroatoms. The number of likely N-dealkylation sites (tertiary alicyclic amines) is 1. The first-order valence-electron chi connectivity index (χ1n) is 6.13. The predicted molar refractivity (Wildman–Crippen MR) is 64.2 cm³/mol. The molecule has 1 saturated heterocycles. The molecule has 0 bridgehead atoms. The summed E-state index contributed by atoms with van der Waals surface area (Å²) in [6, 6.07) is 0.297. The number of nitrogens with zero attached hydrogens (tertiary/aromatic N) is 1.